The van der Waals surface area contributed by atoms with Crippen LogP contribution in [0.4, 0.5) is 17.6 Å². The zero-order valence-electron chi connectivity index (χ0n) is 35.3. The van der Waals surface area contributed by atoms with Crippen LogP contribution in [0, 0.1) is 23.5 Å². The van der Waals surface area contributed by atoms with E-state index in [0.29, 0.717) is 11.0 Å². The van der Waals surface area contributed by atoms with Gasteiger partial charge in [0, 0.05) is 38.1 Å². The summed E-state index contributed by atoms with van der Waals surface area (Å²) in [6, 6.07) is 3.55. The van der Waals surface area contributed by atoms with Crippen LogP contribution in [0.5, 0.6) is 0 Å². The Labute approximate surface area is 346 Å². The lowest BCUT2D eigenvalue weighted by atomic mass is 10.0. The predicted molar refractivity (Wildman–Crippen MR) is 219 cm³/mol. The maximum Gasteiger partial charge on any atom is 0.245 e. The number of rotatable bonds is 15. The van der Waals surface area contributed by atoms with E-state index in [1.807, 2.05) is 0 Å². The van der Waals surface area contributed by atoms with Crippen LogP contribution in [0.25, 0.3) is 33.7 Å². The monoisotopic (exact) mass is 840 g/mol. The lowest BCUT2D eigenvalue weighted by Crippen LogP contribution is -2.55. The van der Waals surface area contributed by atoms with E-state index in [1.54, 1.807) is 64.8 Å². The van der Waals surface area contributed by atoms with Crippen molar-refractivity contribution in [3.8, 4) is 11.6 Å². The van der Waals surface area contributed by atoms with Crippen molar-refractivity contribution in [2.75, 3.05) is 27.2 Å². The standard InChI is InChI=1S/C42H56F4N10O4/c1-21(2)35(51-39(57)23(5)47-7)41(59)53-17-27(45)13-29(53)19-55-33-11-9-25(43)15-31(33)49-37(55)38-50-32-16-26(44)10-12-34(32)56(38)20-30-14-28(46)18-54(30)42(60)36(22(3)4)52-40(58)24(6)48-8/h9-12,15-16,21-24,27-30,35-36,47-48H,13-14,17-20H2,1-8H3,(H,51,57)(H,52,58)/t23-,24-,27?,28?,29+,30+,35-,36-/m1/s1. The number of benzene rings is 2. The van der Waals surface area contributed by atoms with Gasteiger partial charge in [-0.05, 0) is 64.0 Å². The van der Waals surface area contributed by atoms with E-state index in [4.69, 9.17) is 9.97 Å². The molecule has 2 aromatic heterocycles. The van der Waals surface area contributed by atoms with E-state index in [1.165, 1.54) is 46.2 Å². The topological polar surface area (TPSA) is 159 Å². The molecule has 2 saturated heterocycles. The molecule has 0 saturated carbocycles. The van der Waals surface area contributed by atoms with Gasteiger partial charge in [-0.3, -0.25) is 19.2 Å². The van der Waals surface area contributed by atoms with Crippen LogP contribution < -0.4 is 21.3 Å². The van der Waals surface area contributed by atoms with E-state index in [2.05, 4.69) is 21.3 Å². The van der Waals surface area contributed by atoms with Gasteiger partial charge in [-0.1, -0.05) is 27.7 Å². The van der Waals surface area contributed by atoms with E-state index >= 15 is 8.78 Å². The Kier molecular flexibility index (Phi) is 13.5. The number of alkyl halides is 2. The number of fused-ring (bicyclic) bond motifs is 2. The first-order chi connectivity index (χ1) is 28.4. The number of hydrogen-bond acceptors (Lipinski definition) is 8. The number of carbonyl (C=O) groups is 4. The molecule has 18 heteroatoms. The highest BCUT2D eigenvalue weighted by Gasteiger charge is 2.42. The summed E-state index contributed by atoms with van der Waals surface area (Å²) in [5, 5.41) is 11.4. The third kappa shape index (κ3) is 9.13. The van der Waals surface area contributed by atoms with Gasteiger partial charge < -0.3 is 40.2 Å². The number of halogens is 4. The fourth-order valence-corrected chi connectivity index (χ4v) is 8.15. The van der Waals surface area contributed by atoms with Crippen molar-refractivity contribution in [1.82, 2.24) is 50.2 Å². The van der Waals surface area contributed by atoms with Crippen molar-refractivity contribution in [2.45, 2.75) is 116 Å². The summed E-state index contributed by atoms with van der Waals surface area (Å²) < 4.78 is 63.9. The quantitative estimate of drug-likeness (QED) is 0.132. The summed E-state index contributed by atoms with van der Waals surface area (Å²) in [5.74, 6) is -3.05. The van der Waals surface area contributed by atoms with Gasteiger partial charge in [-0.25, -0.2) is 27.5 Å². The first-order valence-corrected chi connectivity index (χ1v) is 20.6. The van der Waals surface area contributed by atoms with Crippen molar-refractivity contribution in [2.24, 2.45) is 11.8 Å². The van der Waals surface area contributed by atoms with Crippen LogP contribution in [0.15, 0.2) is 36.4 Å². The number of hydrogen-bond donors (Lipinski definition) is 4. The minimum atomic E-state index is -1.37. The molecule has 0 radical (unpaired) electrons. The molecule has 4 amide bonds. The smallest absolute Gasteiger partial charge is 0.245 e. The van der Waals surface area contributed by atoms with Gasteiger partial charge in [0.05, 0.1) is 59.3 Å². The lowest BCUT2D eigenvalue weighted by molar-refractivity contribution is -0.139. The summed E-state index contributed by atoms with van der Waals surface area (Å²) >= 11 is 0. The number of imidazole rings is 2. The van der Waals surface area contributed by atoms with Crippen LogP contribution in [-0.4, -0.2) is 128 Å². The first kappa shape index (κ1) is 44.5. The molecule has 14 nitrogen and oxygen atoms in total. The molecule has 326 valence electrons. The van der Waals surface area contributed by atoms with Crippen LogP contribution >= 0.6 is 0 Å². The molecule has 60 heavy (non-hydrogen) atoms. The molecule has 8 atom stereocenters. The Bertz CT molecular complexity index is 2070. The first-order valence-electron chi connectivity index (χ1n) is 20.6. The second-order valence-electron chi connectivity index (χ2n) is 16.8. The van der Waals surface area contributed by atoms with Crippen molar-refractivity contribution < 1.29 is 36.7 Å². The average Bonchev–Trinajstić information content (AvgIpc) is 3.96. The molecule has 2 aliphatic heterocycles. The Balaban J connectivity index is 1.41. The Morgan fingerprint density at radius 2 is 1.02 bits per heavy atom. The van der Waals surface area contributed by atoms with Crippen LogP contribution in [-0.2, 0) is 32.3 Å². The number of carbonyl (C=O) groups excluding carboxylic acids is 4. The van der Waals surface area contributed by atoms with Crippen LogP contribution in [0.2, 0.25) is 0 Å². The van der Waals surface area contributed by atoms with Crippen molar-refractivity contribution >= 4 is 45.7 Å². The summed E-state index contributed by atoms with van der Waals surface area (Å²) in [4.78, 5) is 66.7. The van der Waals surface area contributed by atoms with Gasteiger partial charge in [0.1, 0.15) is 36.1 Å². The molecule has 0 aliphatic carbocycles. The molecule has 2 aromatic carbocycles. The fraction of sp³-hybridized carbons (Fsp3) is 0.571. The van der Waals surface area contributed by atoms with Gasteiger partial charge in [-0.15, -0.1) is 0 Å². The Morgan fingerprint density at radius 3 is 1.35 bits per heavy atom. The molecule has 4 N–H and O–H groups in total. The van der Waals surface area contributed by atoms with E-state index < -0.39 is 72.0 Å². The van der Waals surface area contributed by atoms with Crippen LogP contribution in [0.1, 0.15) is 54.4 Å². The molecular weight excluding hydrogens is 785 g/mol. The minimum absolute atomic E-state index is 0.00568. The van der Waals surface area contributed by atoms with Crippen molar-refractivity contribution in [3.05, 3.63) is 48.0 Å². The molecule has 2 fully saturated rings. The number of amides is 4. The van der Waals surface area contributed by atoms with E-state index in [-0.39, 0.29) is 85.4 Å². The maximum atomic E-state index is 15.4. The number of aromatic nitrogens is 4. The maximum absolute atomic E-state index is 15.4. The fourth-order valence-electron chi connectivity index (χ4n) is 8.15. The van der Waals surface area contributed by atoms with Crippen LogP contribution in [0.3, 0.4) is 0 Å². The second kappa shape index (κ2) is 18.3. The molecular formula is C42H56F4N10O4. The summed E-state index contributed by atoms with van der Waals surface area (Å²) in [6.07, 6.45) is -2.81. The average molecular weight is 841 g/mol. The number of nitrogens with zero attached hydrogens (tertiary/aromatic N) is 6. The minimum Gasteiger partial charge on any atom is -0.343 e. The number of likely N-dealkylation sites (N-methyl/N-ethyl adjacent to an activating group) is 2. The molecule has 0 spiro atoms. The summed E-state index contributed by atoms with van der Waals surface area (Å²) in [7, 11) is 3.25. The zero-order valence-corrected chi connectivity index (χ0v) is 35.3. The predicted octanol–water partition coefficient (Wildman–Crippen LogP) is 3.71. The highest BCUT2D eigenvalue weighted by molar-refractivity contribution is 5.91. The van der Waals surface area contributed by atoms with E-state index in [9.17, 15) is 28.0 Å². The number of likely N-dealkylation sites (tertiary alicyclic amines) is 2. The molecule has 2 unspecified atom stereocenters. The number of nitrogens with one attached hydrogen (secondary N) is 4. The molecule has 4 aromatic rings. The summed E-state index contributed by atoms with van der Waals surface area (Å²) in [5.41, 5.74) is 1.39. The van der Waals surface area contributed by atoms with E-state index in [0.717, 1.165) is 0 Å². The Hall–Kier alpha value is -5.10. The van der Waals surface area contributed by atoms with Gasteiger partial charge >= 0.3 is 0 Å². The third-order valence-electron chi connectivity index (χ3n) is 11.8. The normalized spacial score (nSPS) is 21.6. The SMILES string of the molecule is CN[C@H](C)C(=O)N[C@@H](C(=O)N1CC(F)C[C@H]1Cn1c(-c2nc3cc(F)ccc3n2C[C@@H]2CC(F)CN2C(=O)[C@H](NC(=O)[C@@H](C)NC)C(C)C)nc2cc(F)ccc21)C(C)C. The Morgan fingerprint density at radius 1 is 0.650 bits per heavy atom. The molecule has 6 rings (SSSR count). The largest absolute Gasteiger partial charge is 0.343 e. The third-order valence-corrected chi connectivity index (χ3v) is 11.8. The van der Waals surface area contributed by atoms with Gasteiger partial charge in [-0.2, -0.15) is 0 Å². The second-order valence-corrected chi connectivity index (χ2v) is 16.8. The summed E-state index contributed by atoms with van der Waals surface area (Å²) in [6.45, 7) is 10.1. The van der Waals surface area contributed by atoms with Gasteiger partial charge in [0.2, 0.25) is 23.6 Å². The molecule has 2 aliphatic rings. The van der Waals surface area contributed by atoms with Crippen molar-refractivity contribution in [1.29, 1.82) is 0 Å². The highest BCUT2D eigenvalue weighted by Crippen LogP contribution is 2.34. The molecule has 4 heterocycles. The molecule has 0 bridgehead atoms. The van der Waals surface area contributed by atoms with Crippen molar-refractivity contribution in [3.63, 3.8) is 0 Å². The lowest BCUT2D eigenvalue weighted by Gasteiger charge is -2.32. The zero-order chi connectivity index (χ0) is 43.7. The van der Waals surface area contributed by atoms with Gasteiger partial charge in [0.25, 0.3) is 0 Å². The van der Waals surface area contributed by atoms with Gasteiger partial charge in [0.15, 0.2) is 11.6 Å². The highest BCUT2D eigenvalue weighted by atomic mass is 19.1.